The first-order valence-electron chi connectivity index (χ1n) is 5.44. The van der Waals surface area contributed by atoms with E-state index in [2.05, 4.69) is 20.3 Å². The van der Waals surface area contributed by atoms with Crippen LogP contribution in [0.3, 0.4) is 0 Å². The third kappa shape index (κ3) is 3.39. The highest BCUT2D eigenvalue weighted by atomic mass is 35.5. The van der Waals surface area contributed by atoms with Crippen molar-refractivity contribution in [1.82, 2.24) is 15.0 Å². The minimum absolute atomic E-state index is 0.276. The van der Waals surface area contributed by atoms with Gasteiger partial charge in [-0.1, -0.05) is 13.0 Å². The van der Waals surface area contributed by atoms with Crippen molar-refractivity contribution in [3.63, 3.8) is 0 Å². The summed E-state index contributed by atoms with van der Waals surface area (Å²) in [5, 5.41) is 3.48. The minimum Gasteiger partial charge on any atom is -0.366 e. The number of hydrogen-bond acceptors (Lipinski definition) is 4. The molecule has 0 unspecified atom stereocenters. The van der Waals surface area contributed by atoms with E-state index >= 15 is 0 Å². The van der Waals surface area contributed by atoms with E-state index in [9.17, 15) is 0 Å². The molecule has 2 aromatic heterocycles. The lowest BCUT2D eigenvalue weighted by atomic mass is 10.3. The van der Waals surface area contributed by atoms with Crippen molar-refractivity contribution < 1.29 is 0 Å². The van der Waals surface area contributed by atoms with Gasteiger partial charge in [0.15, 0.2) is 0 Å². The van der Waals surface area contributed by atoms with Crippen molar-refractivity contribution in [2.45, 2.75) is 19.9 Å². The van der Waals surface area contributed by atoms with E-state index < -0.39 is 0 Å². The van der Waals surface area contributed by atoms with Crippen LogP contribution in [0, 0.1) is 0 Å². The molecule has 0 amide bonds. The van der Waals surface area contributed by atoms with E-state index in [1.807, 2.05) is 31.3 Å². The Balaban J connectivity index is 2.06. The van der Waals surface area contributed by atoms with Crippen molar-refractivity contribution >= 4 is 17.4 Å². The summed E-state index contributed by atoms with van der Waals surface area (Å²) in [6.45, 7) is 2.70. The second-order valence-corrected chi connectivity index (χ2v) is 3.92. The van der Waals surface area contributed by atoms with Crippen molar-refractivity contribution in [3.05, 3.63) is 47.1 Å². The zero-order valence-electron chi connectivity index (χ0n) is 9.52. The van der Waals surface area contributed by atoms with Gasteiger partial charge in [-0.15, -0.1) is 0 Å². The molecule has 0 radical (unpaired) electrons. The molecule has 0 spiro atoms. The van der Waals surface area contributed by atoms with E-state index in [1.54, 1.807) is 6.20 Å². The van der Waals surface area contributed by atoms with Crippen LogP contribution in [0.25, 0.3) is 0 Å². The highest BCUT2D eigenvalue weighted by Crippen LogP contribution is 2.12. The third-order valence-corrected chi connectivity index (χ3v) is 2.48. The van der Waals surface area contributed by atoms with Gasteiger partial charge in [0.2, 0.25) is 5.28 Å². The Morgan fingerprint density at radius 2 is 2.24 bits per heavy atom. The van der Waals surface area contributed by atoms with Crippen LogP contribution in [-0.4, -0.2) is 15.0 Å². The molecule has 5 heteroatoms. The maximum absolute atomic E-state index is 5.84. The number of halogens is 1. The lowest BCUT2D eigenvalue weighted by Gasteiger charge is -2.06. The third-order valence-electron chi connectivity index (χ3n) is 2.31. The number of aromatic nitrogens is 3. The Hall–Kier alpha value is -1.68. The normalized spacial score (nSPS) is 10.2. The summed E-state index contributed by atoms with van der Waals surface area (Å²) >= 11 is 5.84. The maximum atomic E-state index is 5.84. The topological polar surface area (TPSA) is 50.7 Å². The fraction of sp³-hybridized carbons (Fsp3) is 0.250. The largest absolute Gasteiger partial charge is 0.366 e. The second-order valence-electron chi connectivity index (χ2n) is 3.58. The van der Waals surface area contributed by atoms with E-state index in [1.165, 1.54) is 0 Å². The van der Waals surface area contributed by atoms with E-state index in [0.29, 0.717) is 6.54 Å². The average Bonchev–Trinajstić information content (AvgIpc) is 2.37. The van der Waals surface area contributed by atoms with Crippen LogP contribution in [-0.2, 0) is 13.0 Å². The maximum Gasteiger partial charge on any atom is 0.224 e. The monoisotopic (exact) mass is 248 g/mol. The van der Waals surface area contributed by atoms with Gasteiger partial charge in [-0.3, -0.25) is 4.98 Å². The molecule has 0 aliphatic heterocycles. The number of aryl methyl sites for hydroxylation is 1. The molecule has 88 valence electrons. The molecule has 0 bridgehead atoms. The van der Waals surface area contributed by atoms with Gasteiger partial charge < -0.3 is 5.32 Å². The lowest BCUT2D eigenvalue weighted by molar-refractivity contribution is 0.985. The SMILES string of the molecule is CCc1cc(NCc2cccnc2)nc(Cl)n1. The van der Waals surface area contributed by atoms with Gasteiger partial charge in [-0.05, 0) is 29.7 Å². The summed E-state index contributed by atoms with van der Waals surface area (Å²) in [4.78, 5) is 12.3. The van der Waals surface area contributed by atoms with Gasteiger partial charge in [-0.2, -0.15) is 0 Å². The van der Waals surface area contributed by atoms with Gasteiger partial charge in [0.05, 0.1) is 0 Å². The first kappa shape index (κ1) is 11.8. The molecule has 0 atom stereocenters. The van der Waals surface area contributed by atoms with Crippen LogP contribution >= 0.6 is 11.6 Å². The molecule has 0 saturated heterocycles. The van der Waals surface area contributed by atoms with Gasteiger partial charge in [0.25, 0.3) is 0 Å². The summed E-state index contributed by atoms with van der Waals surface area (Å²) in [6, 6.07) is 5.81. The predicted molar refractivity (Wildman–Crippen MR) is 68.0 cm³/mol. The fourth-order valence-electron chi connectivity index (χ4n) is 1.43. The van der Waals surface area contributed by atoms with Crippen LogP contribution in [0.15, 0.2) is 30.6 Å². The molecule has 0 fully saturated rings. The molecule has 0 aromatic carbocycles. The fourth-order valence-corrected chi connectivity index (χ4v) is 1.63. The van der Waals surface area contributed by atoms with E-state index in [-0.39, 0.29) is 5.28 Å². The summed E-state index contributed by atoms with van der Waals surface area (Å²) in [5.41, 5.74) is 2.03. The number of rotatable bonds is 4. The summed E-state index contributed by atoms with van der Waals surface area (Å²) in [7, 11) is 0. The molecule has 2 heterocycles. The molecule has 2 aromatic rings. The number of nitrogens with zero attached hydrogens (tertiary/aromatic N) is 3. The molecular formula is C12H13ClN4. The number of pyridine rings is 1. The van der Waals surface area contributed by atoms with Crippen LogP contribution < -0.4 is 5.32 Å². The average molecular weight is 249 g/mol. The number of nitrogens with one attached hydrogen (secondary N) is 1. The van der Waals surface area contributed by atoms with E-state index in [0.717, 1.165) is 23.5 Å². The predicted octanol–water partition coefficient (Wildman–Crippen LogP) is 2.70. The molecule has 17 heavy (non-hydrogen) atoms. The number of hydrogen-bond donors (Lipinski definition) is 1. The summed E-state index contributed by atoms with van der Waals surface area (Å²) in [6.07, 6.45) is 4.40. The smallest absolute Gasteiger partial charge is 0.224 e. The molecule has 1 N–H and O–H groups in total. The van der Waals surface area contributed by atoms with Crippen LogP contribution in [0.4, 0.5) is 5.82 Å². The highest BCUT2D eigenvalue weighted by molar-refractivity contribution is 6.28. The van der Waals surface area contributed by atoms with Crippen molar-refractivity contribution in [1.29, 1.82) is 0 Å². The van der Waals surface area contributed by atoms with Gasteiger partial charge in [0, 0.05) is 30.7 Å². The van der Waals surface area contributed by atoms with Crippen molar-refractivity contribution in [2.75, 3.05) is 5.32 Å². The van der Waals surface area contributed by atoms with Gasteiger partial charge >= 0.3 is 0 Å². The van der Waals surface area contributed by atoms with Crippen LogP contribution in [0.1, 0.15) is 18.2 Å². The standard InChI is InChI=1S/C12H13ClN4/c1-2-10-6-11(17-12(13)16-10)15-8-9-4-3-5-14-7-9/h3-7H,2,8H2,1H3,(H,15,16,17). The first-order valence-corrected chi connectivity index (χ1v) is 5.82. The quantitative estimate of drug-likeness (QED) is 0.846. The Bertz CT molecular complexity index is 487. The zero-order valence-corrected chi connectivity index (χ0v) is 10.3. The molecule has 0 saturated carbocycles. The minimum atomic E-state index is 0.276. The van der Waals surface area contributed by atoms with Gasteiger partial charge in [-0.25, -0.2) is 9.97 Å². The molecule has 0 aliphatic rings. The van der Waals surface area contributed by atoms with Gasteiger partial charge in [0.1, 0.15) is 5.82 Å². The summed E-state index contributed by atoms with van der Waals surface area (Å²) < 4.78 is 0. The molecule has 0 aliphatic carbocycles. The molecular weight excluding hydrogens is 236 g/mol. The Morgan fingerprint density at radius 3 is 2.94 bits per heavy atom. The second kappa shape index (κ2) is 5.59. The Labute approximate surface area is 105 Å². The van der Waals surface area contributed by atoms with E-state index in [4.69, 9.17) is 11.6 Å². The highest BCUT2D eigenvalue weighted by Gasteiger charge is 2.01. The number of anilines is 1. The van der Waals surface area contributed by atoms with Crippen molar-refractivity contribution in [2.24, 2.45) is 0 Å². The van der Waals surface area contributed by atoms with Crippen molar-refractivity contribution in [3.8, 4) is 0 Å². The zero-order chi connectivity index (χ0) is 12.1. The Morgan fingerprint density at radius 1 is 1.35 bits per heavy atom. The molecule has 2 rings (SSSR count). The van der Waals surface area contributed by atoms with Crippen LogP contribution in [0.5, 0.6) is 0 Å². The lowest BCUT2D eigenvalue weighted by Crippen LogP contribution is -2.03. The summed E-state index contributed by atoms with van der Waals surface area (Å²) in [5.74, 6) is 0.741. The molecule has 4 nitrogen and oxygen atoms in total. The first-order chi connectivity index (χ1) is 8.28. The van der Waals surface area contributed by atoms with Crippen LogP contribution in [0.2, 0.25) is 5.28 Å². The Kier molecular flexibility index (Phi) is 3.88.